The fourth-order valence-electron chi connectivity index (χ4n) is 7.31. The SMILES string of the molecule is C=COOOOOOCCC1(C)C(=CC=CC2=[N+](CCCCCC(=O)O)c3ccc(S(=O)(=O)O)cc3C2(C)CCC)N(CC)c2ccc(S(=O)(=O)O)cc21. The van der Waals surface area contributed by atoms with E-state index in [4.69, 9.17) is 9.99 Å². The molecule has 0 saturated heterocycles. The number of allylic oxidation sites excluding steroid dienone is 4. The van der Waals surface area contributed by atoms with Crippen molar-refractivity contribution in [1.29, 1.82) is 0 Å². The summed E-state index contributed by atoms with van der Waals surface area (Å²) >= 11 is 0. The van der Waals surface area contributed by atoms with Crippen molar-refractivity contribution in [2.75, 3.05) is 24.6 Å². The summed E-state index contributed by atoms with van der Waals surface area (Å²) in [7, 11) is -9.01. The minimum absolute atomic E-state index is 0.0593. The van der Waals surface area contributed by atoms with E-state index in [0.29, 0.717) is 44.3 Å². The van der Waals surface area contributed by atoms with Crippen LogP contribution in [0.3, 0.4) is 0 Å². The Morgan fingerprint density at radius 1 is 0.889 bits per heavy atom. The lowest BCUT2D eigenvalue weighted by molar-refractivity contribution is -0.751. The van der Waals surface area contributed by atoms with Crippen LogP contribution in [0, 0.1) is 0 Å². The zero-order valence-corrected chi connectivity index (χ0v) is 32.2. The van der Waals surface area contributed by atoms with Gasteiger partial charge in [-0.05, 0) is 98.5 Å². The molecule has 0 aliphatic carbocycles. The monoisotopic (exact) mass is 795 g/mol. The Kier molecular flexibility index (Phi) is 14.3. The van der Waals surface area contributed by atoms with Crippen molar-refractivity contribution in [2.45, 2.75) is 93.3 Å². The van der Waals surface area contributed by atoms with Crippen LogP contribution in [0.4, 0.5) is 11.4 Å². The Labute approximate surface area is 315 Å². The molecule has 2 atom stereocenters. The van der Waals surface area contributed by atoms with Crippen LogP contribution in [-0.4, -0.2) is 67.0 Å². The maximum atomic E-state index is 12.2. The number of unbranched alkanes of at least 4 members (excludes halogenated alkanes) is 2. The van der Waals surface area contributed by atoms with Gasteiger partial charge in [-0.15, -0.1) is 0 Å². The molecule has 2 aliphatic rings. The summed E-state index contributed by atoms with van der Waals surface area (Å²) < 4.78 is 70.7. The molecule has 0 aromatic heterocycles. The number of benzene rings is 2. The van der Waals surface area contributed by atoms with Crippen molar-refractivity contribution in [2.24, 2.45) is 0 Å². The van der Waals surface area contributed by atoms with Gasteiger partial charge in [0.1, 0.15) is 12.8 Å². The summed E-state index contributed by atoms with van der Waals surface area (Å²) in [5.41, 5.74) is 2.97. The Morgan fingerprint density at radius 2 is 1.56 bits per heavy atom. The third kappa shape index (κ3) is 9.63. The lowest BCUT2D eigenvalue weighted by atomic mass is 9.75. The highest BCUT2D eigenvalue weighted by atomic mass is 32.2. The molecule has 296 valence electrons. The number of nitrogens with zero attached hydrogens (tertiary/aromatic N) is 2. The van der Waals surface area contributed by atoms with Gasteiger partial charge >= 0.3 is 5.97 Å². The smallest absolute Gasteiger partial charge is 0.303 e. The predicted octanol–water partition coefficient (Wildman–Crippen LogP) is 6.43. The zero-order valence-electron chi connectivity index (χ0n) is 30.6. The van der Waals surface area contributed by atoms with Gasteiger partial charge in [-0.2, -0.15) is 21.4 Å². The van der Waals surface area contributed by atoms with E-state index in [1.165, 1.54) is 24.3 Å². The zero-order chi connectivity index (χ0) is 39.7. The molecule has 2 aromatic rings. The van der Waals surface area contributed by atoms with Gasteiger partial charge in [-0.1, -0.05) is 26.0 Å². The highest BCUT2D eigenvalue weighted by Crippen LogP contribution is 2.51. The summed E-state index contributed by atoms with van der Waals surface area (Å²) in [5, 5.41) is 26.2. The first kappa shape index (κ1) is 42.8. The van der Waals surface area contributed by atoms with Gasteiger partial charge in [-0.25, -0.2) is 4.89 Å². The fourth-order valence-corrected chi connectivity index (χ4v) is 8.32. The lowest BCUT2D eigenvalue weighted by Gasteiger charge is -2.29. The molecule has 2 unspecified atom stereocenters. The van der Waals surface area contributed by atoms with E-state index in [9.17, 15) is 30.7 Å². The molecule has 0 fully saturated rings. The number of aliphatic carboxylic acids is 1. The summed E-state index contributed by atoms with van der Waals surface area (Å²) in [4.78, 5) is 22.0. The fraction of sp³-hybridized carbons (Fsp3) is 0.444. The van der Waals surface area contributed by atoms with E-state index in [2.05, 4.69) is 36.2 Å². The number of carboxylic acids is 1. The maximum absolute atomic E-state index is 12.2. The second kappa shape index (κ2) is 18.1. The van der Waals surface area contributed by atoms with E-state index in [1.54, 1.807) is 12.1 Å². The Bertz CT molecular complexity index is 2010. The normalized spacial score (nSPS) is 20.6. The van der Waals surface area contributed by atoms with Crippen LogP contribution >= 0.6 is 0 Å². The average molecular weight is 796 g/mol. The molecule has 0 amide bonds. The first-order valence-corrected chi connectivity index (χ1v) is 20.2. The quantitative estimate of drug-likeness (QED) is 0.0293. The molecule has 0 bridgehead atoms. The molecule has 16 nitrogen and oxygen atoms in total. The van der Waals surface area contributed by atoms with Crippen molar-refractivity contribution in [3.8, 4) is 0 Å². The van der Waals surface area contributed by atoms with Gasteiger partial charge in [0.25, 0.3) is 20.2 Å². The molecule has 54 heavy (non-hydrogen) atoms. The lowest BCUT2D eigenvalue weighted by Crippen LogP contribution is -2.31. The topological polar surface area (TPSA) is 208 Å². The van der Waals surface area contributed by atoms with E-state index >= 15 is 0 Å². The number of hydrogen-bond donors (Lipinski definition) is 3. The number of carbonyl (C=O) groups is 1. The van der Waals surface area contributed by atoms with E-state index in [1.807, 2.05) is 50.8 Å². The Balaban J connectivity index is 1.78. The summed E-state index contributed by atoms with van der Waals surface area (Å²) in [5.74, 6) is -0.861. The number of fused-ring (bicyclic) bond motifs is 2. The van der Waals surface area contributed by atoms with Gasteiger partial charge in [0.2, 0.25) is 5.69 Å². The summed E-state index contributed by atoms with van der Waals surface area (Å²) in [6.45, 7) is 12.1. The number of rotatable bonds is 22. The highest BCUT2D eigenvalue weighted by Gasteiger charge is 2.48. The van der Waals surface area contributed by atoms with Crippen molar-refractivity contribution < 1.29 is 70.3 Å². The third-order valence-corrected chi connectivity index (χ3v) is 11.5. The van der Waals surface area contributed by atoms with Crippen LogP contribution in [0.15, 0.2) is 83.0 Å². The molecule has 3 N–H and O–H groups in total. The molecule has 0 spiro atoms. The molecule has 18 heteroatoms. The maximum Gasteiger partial charge on any atom is 0.303 e. The molecule has 4 rings (SSSR count). The second-order valence-corrected chi connectivity index (χ2v) is 16.1. The molecular formula is C36H47N2O14S2+. The van der Waals surface area contributed by atoms with Gasteiger partial charge in [0, 0.05) is 64.0 Å². The molecular weight excluding hydrogens is 749 g/mol. The second-order valence-electron chi connectivity index (χ2n) is 13.2. The third-order valence-electron chi connectivity index (χ3n) is 9.79. The van der Waals surface area contributed by atoms with E-state index < -0.39 is 37.0 Å². The standard InChI is InChI=1S/C36H46N2O14S2/c1-6-20-35(4)29-25-27(54(44,45)46)17-19-31(29)38(22-11-9-10-15-34(39)40)33(35)14-12-13-32-36(5,21-23-48-50-52-51-49-47-8-3)28-24-26(53(41,42)43)16-18-30(28)37(32)7-2/h8,12-14,16-19,24-25H,3,6-7,9-11,15,20-23H2,1-2,4-5H3,(H2-,39,40,41,42,43,44,45,46)/p+1. The van der Waals surface area contributed by atoms with Crippen molar-refractivity contribution in [3.63, 3.8) is 0 Å². The minimum atomic E-state index is -4.53. The summed E-state index contributed by atoms with van der Waals surface area (Å²) in [6, 6.07) is 8.98. The summed E-state index contributed by atoms with van der Waals surface area (Å²) in [6.07, 6.45) is 10.2. The predicted molar refractivity (Wildman–Crippen MR) is 194 cm³/mol. The first-order valence-electron chi connectivity index (χ1n) is 17.4. The van der Waals surface area contributed by atoms with Crippen LogP contribution in [0.2, 0.25) is 0 Å². The van der Waals surface area contributed by atoms with Crippen molar-refractivity contribution in [1.82, 2.24) is 0 Å². The molecule has 2 aliphatic heterocycles. The van der Waals surface area contributed by atoms with Gasteiger partial charge in [0.05, 0.1) is 21.8 Å². The highest BCUT2D eigenvalue weighted by molar-refractivity contribution is 7.86. The van der Waals surface area contributed by atoms with Gasteiger partial charge < -0.3 is 14.9 Å². The molecule has 2 heterocycles. The van der Waals surface area contributed by atoms with Crippen LogP contribution < -0.4 is 4.90 Å². The largest absolute Gasteiger partial charge is 0.481 e. The van der Waals surface area contributed by atoms with E-state index in [-0.39, 0.29) is 29.2 Å². The number of anilines is 1. The molecule has 2 aromatic carbocycles. The molecule has 0 radical (unpaired) electrons. The van der Waals surface area contributed by atoms with Crippen molar-refractivity contribution in [3.05, 3.63) is 84.3 Å². The Morgan fingerprint density at radius 3 is 2.19 bits per heavy atom. The van der Waals surface area contributed by atoms with Crippen LogP contribution in [0.1, 0.15) is 83.8 Å². The average Bonchev–Trinajstić information content (AvgIpc) is 3.48. The first-order chi connectivity index (χ1) is 25.5. The van der Waals surface area contributed by atoms with Crippen LogP contribution in [0.5, 0.6) is 0 Å². The number of carboxylic acid groups (broad SMARTS) is 1. The van der Waals surface area contributed by atoms with E-state index in [0.717, 1.165) is 41.0 Å². The van der Waals surface area contributed by atoms with Gasteiger partial charge in [-0.3, -0.25) is 13.9 Å². The number of hydrogen-bond acceptors (Lipinski definition) is 12. The van der Waals surface area contributed by atoms with Gasteiger partial charge in [0.15, 0.2) is 5.71 Å². The minimum Gasteiger partial charge on any atom is -0.481 e. The van der Waals surface area contributed by atoms with Crippen molar-refractivity contribution >= 4 is 43.3 Å². The number of likely N-dealkylation sites (N-methyl/N-ethyl adjacent to an activating group) is 1. The van der Waals surface area contributed by atoms with Crippen LogP contribution in [-0.2, 0) is 65.8 Å². The molecule has 0 saturated carbocycles. The Hall–Kier alpha value is -3.98. The van der Waals surface area contributed by atoms with Crippen LogP contribution in [0.25, 0.3) is 0 Å².